The molecule has 0 aromatic heterocycles. The molecule has 6 saturated carbocycles. The van der Waals surface area contributed by atoms with Gasteiger partial charge in [-0.15, -0.1) is 0 Å². The summed E-state index contributed by atoms with van der Waals surface area (Å²) in [6.45, 7) is 5.46. The van der Waals surface area contributed by atoms with Gasteiger partial charge in [0.15, 0.2) is 0 Å². The molecule has 6 fully saturated rings. The highest BCUT2D eigenvalue weighted by Crippen LogP contribution is 2.76. The second kappa shape index (κ2) is 7.22. The molecular formula is C29H44NP. The van der Waals surface area contributed by atoms with E-state index in [1.165, 1.54) is 44.2 Å². The summed E-state index contributed by atoms with van der Waals surface area (Å²) in [6.07, 6.45) is 18.4. The molecule has 0 radical (unpaired) electrons. The zero-order valence-electron chi connectivity index (χ0n) is 20.5. The van der Waals surface area contributed by atoms with Gasteiger partial charge in [-0.25, -0.2) is 0 Å². The lowest BCUT2D eigenvalue weighted by Gasteiger charge is -2.65. The van der Waals surface area contributed by atoms with Crippen molar-refractivity contribution >= 4 is 18.9 Å². The van der Waals surface area contributed by atoms with Crippen LogP contribution in [0.5, 0.6) is 0 Å². The van der Waals surface area contributed by atoms with Gasteiger partial charge in [0.05, 0.1) is 0 Å². The van der Waals surface area contributed by atoms with E-state index in [0.29, 0.717) is 15.7 Å². The van der Waals surface area contributed by atoms with Crippen LogP contribution in [-0.4, -0.2) is 24.4 Å². The maximum Gasteiger partial charge on any atom is 0.0439 e. The summed E-state index contributed by atoms with van der Waals surface area (Å²) >= 11 is 0. The van der Waals surface area contributed by atoms with Crippen LogP contribution in [0.1, 0.15) is 90.9 Å². The largest absolute Gasteiger partial charge is 0.377 e. The molecule has 0 saturated heterocycles. The topological polar surface area (TPSA) is 3.24 Å². The van der Waals surface area contributed by atoms with Gasteiger partial charge in [0.1, 0.15) is 0 Å². The van der Waals surface area contributed by atoms with E-state index in [9.17, 15) is 0 Å². The van der Waals surface area contributed by atoms with Crippen molar-refractivity contribution in [2.24, 2.45) is 29.1 Å². The van der Waals surface area contributed by atoms with Gasteiger partial charge in [0.25, 0.3) is 0 Å². The molecule has 0 aliphatic heterocycles. The zero-order chi connectivity index (χ0) is 21.4. The van der Waals surface area contributed by atoms with E-state index >= 15 is 0 Å². The Morgan fingerprint density at radius 2 is 1.48 bits per heavy atom. The number of benzene rings is 1. The van der Waals surface area contributed by atoms with E-state index < -0.39 is 0 Å². The fourth-order valence-electron chi connectivity index (χ4n) is 10.3. The lowest BCUT2D eigenvalue weighted by Crippen LogP contribution is -2.55. The minimum absolute atomic E-state index is 0.182. The lowest BCUT2D eigenvalue weighted by atomic mass is 9.56. The predicted octanol–water partition coefficient (Wildman–Crippen LogP) is 7.58. The van der Waals surface area contributed by atoms with Crippen LogP contribution >= 0.6 is 7.92 Å². The van der Waals surface area contributed by atoms with E-state index in [0.717, 1.165) is 23.7 Å². The Labute approximate surface area is 192 Å². The molecule has 0 N–H and O–H groups in total. The van der Waals surface area contributed by atoms with Crippen molar-refractivity contribution in [2.45, 2.75) is 101 Å². The van der Waals surface area contributed by atoms with Crippen LogP contribution in [0.25, 0.3) is 0 Å². The number of anilines is 1. The highest BCUT2D eigenvalue weighted by Gasteiger charge is 2.60. The average Bonchev–Trinajstić information content (AvgIpc) is 2.65. The van der Waals surface area contributed by atoms with Crippen LogP contribution in [0, 0.1) is 29.1 Å². The molecule has 1 aromatic rings. The Morgan fingerprint density at radius 3 is 2.10 bits per heavy atom. The monoisotopic (exact) mass is 437 g/mol. The van der Waals surface area contributed by atoms with Crippen molar-refractivity contribution in [3.05, 3.63) is 24.3 Å². The molecule has 4 unspecified atom stereocenters. The first kappa shape index (κ1) is 21.0. The first-order valence-electron chi connectivity index (χ1n) is 13.3. The molecule has 0 amide bonds. The van der Waals surface area contributed by atoms with Gasteiger partial charge in [0, 0.05) is 25.1 Å². The van der Waals surface area contributed by atoms with Crippen molar-refractivity contribution in [3.8, 4) is 0 Å². The summed E-state index contributed by atoms with van der Waals surface area (Å²) in [5, 5.41) is 2.92. The Morgan fingerprint density at radius 1 is 0.839 bits per heavy atom. The molecule has 6 aliphatic carbocycles. The highest BCUT2D eigenvalue weighted by molar-refractivity contribution is 7.69. The molecule has 2 heteroatoms. The van der Waals surface area contributed by atoms with Crippen molar-refractivity contribution in [1.82, 2.24) is 0 Å². The molecule has 0 spiro atoms. The van der Waals surface area contributed by atoms with Crippen molar-refractivity contribution < 1.29 is 0 Å². The third-order valence-corrected chi connectivity index (χ3v) is 14.1. The fraction of sp³-hybridized carbons (Fsp3) is 0.793. The zero-order valence-corrected chi connectivity index (χ0v) is 21.4. The molecule has 0 heterocycles. The van der Waals surface area contributed by atoms with Crippen LogP contribution < -0.4 is 10.2 Å². The van der Waals surface area contributed by atoms with Gasteiger partial charge in [-0.2, -0.15) is 0 Å². The van der Waals surface area contributed by atoms with Gasteiger partial charge >= 0.3 is 0 Å². The van der Waals surface area contributed by atoms with Crippen molar-refractivity contribution in [3.63, 3.8) is 0 Å². The van der Waals surface area contributed by atoms with E-state index in [1.807, 2.05) is 0 Å². The van der Waals surface area contributed by atoms with Crippen LogP contribution in [0.3, 0.4) is 0 Å². The molecule has 170 valence electrons. The Balaban J connectivity index is 1.50. The summed E-state index contributed by atoms with van der Waals surface area (Å²) in [5.41, 5.74) is 2.14. The minimum Gasteiger partial charge on any atom is -0.377 e. The smallest absolute Gasteiger partial charge is 0.0439 e. The van der Waals surface area contributed by atoms with Crippen LogP contribution in [-0.2, 0) is 0 Å². The predicted molar refractivity (Wildman–Crippen MR) is 136 cm³/mol. The first-order valence-corrected chi connectivity index (χ1v) is 14.7. The summed E-state index contributed by atoms with van der Waals surface area (Å²) in [7, 11) is 4.38. The summed E-state index contributed by atoms with van der Waals surface area (Å²) in [6, 6.07) is 9.66. The van der Waals surface area contributed by atoms with E-state index in [4.69, 9.17) is 0 Å². The molecule has 6 bridgehead atoms. The maximum absolute atomic E-state index is 2.79. The maximum atomic E-state index is 2.79. The molecule has 1 nitrogen and oxygen atoms in total. The molecule has 4 atom stereocenters. The van der Waals surface area contributed by atoms with Gasteiger partial charge in [-0.1, -0.05) is 52.8 Å². The van der Waals surface area contributed by atoms with Crippen molar-refractivity contribution in [2.75, 3.05) is 19.0 Å². The Bertz CT molecular complexity index is 810. The number of rotatable bonds is 4. The average molecular weight is 438 g/mol. The second-order valence-corrected chi connectivity index (χ2v) is 16.7. The van der Waals surface area contributed by atoms with Gasteiger partial charge in [-0.05, 0) is 110 Å². The van der Waals surface area contributed by atoms with Gasteiger partial charge in [0.2, 0.25) is 0 Å². The Kier molecular flexibility index (Phi) is 4.90. The van der Waals surface area contributed by atoms with Crippen LogP contribution in [0.15, 0.2) is 24.3 Å². The Hall–Kier alpha value is -0.550. The van der Waals surface area contributed by atoms with Gasteiger partial charge in [-0.3, -0.25) is 0 Å². The quantitative estimate of drug-likeness (QED) is 0.439. The van der Waals surface area contributed by atoms with Crippen LogP contribution in [0.2, 0.25) is 0 Å². The standard InChI is InChI=1S/C29H44NP/c1-27-11-7-8-21(15-27)16-28(2,20-27)31(26-10-6-5-9-25(26)30(3)4)29-17-22-12-23(18-29)14-24(13-22)19-29/h5-6,9-10,21-24H,7-8,11-20H2,1-4H3. The van der Waals surface area contributed by atoms with Gasteiger partial charge < -0.3 is 4.90 Å². The number of hydrogen-bond acceptors (Lipinski definition) is 1. The molecular weight excluding hydrogens is 393 g/mol. The van der Waals surface area contributed by atoms with E-state index in [-0.39, 0.29) is 7.92 Å². The lowest BCUT2D eigenvalue weighted by molar-refractivity contribution is 0.0312. The number of hydrogen-bond donors (Lipinski definition) is 0. The second-order valence-electron chi connectivity index (χ2n) is 13.5. The van der Waals surface area contributed by atoms with Crippen LogP contribution in [0.4, 0.5) is 5.69 Å². The number of para-hydroxylation sites is 1. The fourth-order valence-corrected chi connectivity index (χ4v) is 15.6. The first-order chi connectivity index (χ1) is 14.8. The third kappa shape index (κ3) is 3.43. The number of fused-ring (bicyclic) bond motifs is 2. The summed E-state index contributed by atoms with van der Waals surface area (Å²) in [4.78, 5) is 2.43. The molecule has 1 aromatic carbocycles. The normalized spacial score (nSPS) is 46.7. The summed E-state index contributed by atoms with van der Waals surface area (Å²) in [5.74, 6) is 4.13. The molecule has 31 heavy (non-hydrogen) atoms. The van der Waals surface area contributed by atoms with E-state index in [2.05, 4.69) is 57.1 Å². The summed E-state index contributed by atoms with van der Waals surface area (Å²) < 4.78 is 0. The molecule has 6 aliphatic rings. The SMILES string of the molecule is CN(C)c1ccccc1P(C1(C)CC2CCCC(C)(C2)C1)C12CC3CC(CC(C3)C1)C2. The van der Waals surface area contributed by atoms with E-state index in [1.54, 1.807) is 43.8 Å². The minimum atomic E-state index is -0.182. The molecule has 7 rings (SSSR count). The highest BCUT2D eigenvalue weighted by atomic mass is 31.1. The number of nitrogens with zero attached hydrogens (tertiary/aromatic N) is 1. The van der Waals surface area contributed by atoms with Crippen molar-refractivity contribution in [1.29, 1.82) is 0 Å². The third-order valence-electron chi connectivity index (χ3n) is 10.3.